The van der Waals surface area contributed by atoms with Crippen molar-refractivity contribution in [1.82, 2.24) is 19.4 Å². The molecule has 0 amide bonds. The number of rotatable bonds is 8. The Bertz CT molecular complexity index is 1230. The number of hydrogen-bond acceptors (Lipinski definition) is 5. The van der Waals surface area contributed by atoms with Gasteiger partial charge < -0.3 is 15.0 Å². The predicted molar refractivity (Wildman–Crippen MR) is 133 cm³/mol. The molecule has 1 aliphatic rings. The van der Waals surface area contributed by atoms with Gasteiger partial charge in [0.05, 0.1) is 11.7 Å². The Morgan fingerprint density at radius 1 is 1.09 bits per heavy atom. The number of fused-ring (bicyclic) bond motifs is 1. The van der Waals surface area contributed by atoms with Crippen LogP contribution >= 0.6 is 0 Å². The molecule has 3 aromatic heterocycles. The Balaban J connectivity index is 1.38. The van der Waals surface area contributed by atoms with Gasteiger partial charge in [0, 0.05) is 43.0 Å². The molecule has 0 spiro atoms. The van der Waals surface area contributed by atoms with Crippen molar-refractivity contribution in [2.24, 2.45) is 0 Å². The van der Waals surface area contributed by atoms with Gasteiger partial charge in [-0.3, -0.25) is 4.90 Å². The quantitative estimate of drug-likeness (QED) is 0.393. The lowest BCUT2D eigenvalue weighted by molar-refractivity contribution is 0.245. The van der Waals surface area contributed by atoms with E-state index in [2.05, 4.69) is 75.4 Å². The molecule has 5 rings (SSSR count). The number of benzene rings is 1. The second kappa shape index (κ2) is 9.73. The number of aliphatic hydroxyl groups is 1. The molecule has 0 radical (unpaired) electrons. The van der Waals surface area contributed by atoms with Crippen molar-refractivity contribution >= 4 is 22.5 Å². The highest BCUT2D eigenvalue weighted by Crippen LogP contribution is 2.34. The largest absolute Gasteiger partial charge is 0.396 e. The smallest absolute Gasteiger partial charge is 0.134 e. The number of aliphatic hydroxyl groups excluding tert-OH is 1. The first-order valence-electron chi connectivity index (χ1n) is 11.8. The Morgan fingerprint density at radius 3 is 2.88 bits per heavy atom. The number of aryl methyl sites for hydroxylation is 2. The average molecular weight is 442 g/mol. The van der Waals surface area contributed by atoms with Crippen molar-refractivity contribution in [3.8, 4) is 0 Å². The van der Waals surface area contributed by atoms with E-state index in [0.717, 1.165) is 55.4 Å². The monoisotopic (exact) mass is 441 g/mol. The molecule has 1 aliphatic heterocycles. The lowest BCUT2D eigenvalue weighted by Crippen LogP contribution is -2.23. The number of likely N-dealkylation sites (tertiary alicyclic amines) is 1. The third kappa shape index (κ3) is 4.63. The molecule has 1 aromatic carbocycles. The SMILES string of the molecule is Cc1cccnc1Nc1cccc(C2CCCN2Cc2cn(CCCO)c3ccccc23)n1. The number of pyridine rings is 2. The van der Waals surface area contributed by atoms with Gasteiger partial charge in [0.25, 0.3) is 0 Å². The minimum absolute atomic E-state index is 0.212. The number of anilines is 2. The highest BCUT2D eigenvalue weighted by molar-refractivity contribution is 5.84. The molecule has 170 valence electrons. The van der Waals surface area contributed by atoms with E-state index >= 15 is 0 Å². The van der Waals surface area contributed by atoms with Crippen molar-refractivity contribution < 1.29 is 5.11 Å². The molecular weight excluding hydrogens is 410 g/mol. The molecule has 6 heteroatoms. The molecule has 6 nitrogen and oxygen atoms in total. The van der Waals surface area contributed by atoms with Gasteiger partial charge in [-0.1, -0.05) is 30.3 Å². The fourth-order valence-corrected chi connectivity index (χ4v) is 4.89. The van der Waals surface area contributed by atoms with E-state index in [0.29, 0.717) is 6.04 Å². The highest BCUT2D eigenvalue weighted by atomic mass is 16.3. The van der Waals surface area contributed by atoms with Gasteiger partial charge in [-0.05, 0) is 68.1 Å². The summed E-state index contributed by atoms with van der Waals surface area (Å²) in [6, 6.07) is 19.1. The second-order valence-electron chi connectivity index (χ2n) is 8.81. The maximum Gasteiger partial charge on any atom is 0.134 e. The summed E-state index contributed by atoms with van der Waals surface area (Å²) in [5.74, 6) is 1.68. The van der Waals surface area contributed by atoms with Crippen LogP contribution in [0.5, 0.6) is 0 Å². The Morgan fingerprint density at radius 2 is 2.00 bits per heavy atom. The first-order valence-corrected chi connectivity index (χ1v) is 11.8. The predicted octanol–water partition coefficient (Wildman–Crippen LogP) is 5.20. The average Bonchev–Trinajstić information content (AvgIpc) is 3.45. The van der Waals surface area contributed by atoms with E-state index < -0.39 is 0 Å². The van der Waals surface area contributed by atoms with Crippen molar-refractivity contribution in [2.75, 3.05) is 18.5 Å². The lowest BCUT2D eigenvalue weighted by Gasteiger charge is -2.24. The van der Waals surface area contributed by atoms with Gasteiger partial charge in [-0.15, -0.1) is 0 Å². The van der Waals surface area contributed by atoms with Gasteiger partial charge in [-0.25, -0.2) is 9.97 Å². The van der Waals surface area contributed by atoms with Gasteiger partial charge in [0.2, 0.25) is 0 Å². The van der Waals surface area contributed by atoms with Crippen LogP contribution in [0, 0.1) is 6.92 Å². The van der Waals surface area contributed by atoms with Crippen LogP contribution < -0.4 is 5.32 Å². The van der Waals surface area contributed by atoms with Gasteiger partial charge in [-0.2, -0.15) is 0 Å². The Labute approximate surface area is 194 Å². The first-order chi connectivity index (χ1) is 16.2. The van der Waals surface area contributed by atoms with E-state index in [-0.39, 0.29) is 6.61 Å². The number of hydrogen-bond donors (Lipinski definition) is 2. The molecule has 1 unspecified atom stereocenters. The summed E-state index contributed by atoms with van der Waals surface area (Å²) in [5.41, 5.74) is 4.79. The van der Waals surface area contributed by atoms with Crippen LogP contribution in [0.2, 0.25) is 0 Å². The molecule has 1 atom stereocenters. The fraction of sp³-hybridized carbons (Fsp3) is 0.333. The van der Waals surface area contributed by atoms with Crippen LogP contribution in [-0.2, 0) is 13.1 Å². The normalized spacial score (nSPS) is 16.5. The molecule has 0 bridgehead atoms. The maximum absolute atomic E-state index is 9.29. The zero-order valence-corrected chi connectivity index (χ0v) is 19.1. The van der Waals surface area contributed by atoms with E-state index in [9.17, 15) is 5.11 Å². The summed E-state index contributed by atoms with van der Waals surface area (Å²) in [5, 5.41) is 14.0. The highest BCUT2D eigenvalue weighted by Gasteiger charge is 2.28. The molecule has 4 aromatic rings. The molecule has 1 saturated heterocycles. The summed E-state index contributed by atoms with van der Waals surface area (Å²) in [6.45, 7) is 5.07. The number of nitrogens with zero attached hydrogens (tertiary/aromatic N) is 4. The topological polar surface area (TPSA) is 66.2 Å². The zero-order valence-electron chi connectivity index (χ0n) is 19.1. The maximum atomic E-state index is 9.29. The molecule has 0 aliphatic carbocycles. The number of aromatic nitrogens is 3. The van der Waals surface area contributed by atoms with Gasteiger partial charge >= 0.3 is 0 Å². The standard InChI is InChI=1S/C27H31N5O/c1-20-8-5-14-28-27(20)30-26-13-4-10-23(29-26)25-12-6-15-32(25)19-21-18-31(16-7-17-33)24-11-3-2-9-22(21)24/h2-5,8-11,13-14,18,25,33H,6-7,12,15-17,19H2,1H3,(H,28,29,30). The third-order valence-electron chi connectivity index (χ3n) is 6.53. The van der Waals surface area contributed by atoms with E-state index in [1.165, 1.54) is 22.9 Å². The van der Waals surface area contributed by atoms with Gasteiger partial charge in [0.15, 0.2) is 0 Å². The number of nitrogens with one attached hydrogen (secondary N) is 1. The summed E-state index contributed by atoms with van der Waals surface area (Å²) in [4.78, 5) is 12.0. The minimum Gasteiger partial charge on any atom is -0.396 e. The van der Waals surface area contributed by atoms with Crippen molar-refractivity contribution in [3.05, 3.63) is 83.8 Å². The molecular formula is C27H31N5O. The third-order valence-corrected chi connectivity index (χ3v) is 6.53. The number of para-hydroxylation sites is 1. The van der Waals surface area contributed by atoms with Crippen molar-refractivity contribution in [1.29, 1.82) is 0 Å². The fourth-order valence-electron chi connectivity index (χ4n) is 4.89. The van der Waals surface area contributed by atoms with Crippen molar-refractivity contribution in [2.45, 2.75) is 45.3 Å². The Hall–Kier alpha value is -3.22. The molecule has 2 N–H and O–H groups in total. The lowest BCUT2D eigenvalue weighted by atomic mass is 10.1. The zero-order chi connectivity index (χ0) is 22.6. The van der Waals surface area contributed by atoms with Crippen LogP contribution in [0.3, 0.4) is 0 Å². The van der Waals surface area contributed by atoms with Crippen LogP contribution in [0.1, 0.15) is 42.1 Å². The first kappa shape index (κ1) is 21.6. The Kier molecular flexibility index (Phi) is 6.37. The van der Waals surface area contributed by atoms with Crippen LogP contribution in [0.15, 0.2) is 67.0 Å². The molecule has 4 heterocycles. The summed E-state index contributed by atoms with van der Waals surface area (Å²) in [7, 11) is 0. The van der Waals surface area contributed by atoms with Crippen LogP contribution in [-0.4, -0.2) is 37.7 Å². The van der Waals surface area contributed by atoms with Crippen molar-refractivity contribution in [3.63, 3.8) is 0 Å². The van der Waals surface area contributed by atoms with E-state index in [4.69, 9.17) is 4.98 Å². The van der Waals surface area contributed by atoms with Gasteiger partial charge in [0.1, 0.15) is 11.6 Å². The summed E-state index contributed by atoms with van der Waals surface area (Å²) < 4.78 is 2.28. The second-order valence-corrected chi connectivity index (χ2v) is 8.81. The summed E-state index contributed by atoms with van der Waals surface area (Å²) >= 11 is 0. The minimum atomic E-state index is 0.212. The van der Waals surface area contributed by atoms with E-state index in [1.807, 2.05) is 12.1 Å². The molecule has 1 fully saturated rings. The molecule has 0 saturated carbocycles. The van der Waals surface area contributed by atoms with Crippen LogP contribution in [0.4, 0.5) is 11.6 Å². The van der Waals surface area contributed by atoms with Crippen LogP contribution in [0.25, 0.3) is 10.9 Å². The summed E-state index contributed by atoms with van der Waals surface area (Å²) in [6.07, 6.45) is 7.12. The van der Waals surface area contributed by atoms with E-state index in [1.54, 1.807) is 6.20 Å². The molecule has 33 heavy (non-hydrogen) atoms.